The molecule has 2 heterocycles. The third-order valence-corrected chi connectivity index (χ3v) is 3.14. The first kappa shape index (κ1) is 11.1. The lowest BCUT2D eigenvalue weighted by molar-refractivity contribution is 0.0689. The Bertz CT molecular complexity index is 412. The van der Waals surface area contributed by atoms with Gasteiger partial charge in [0.1, 0.15) is 5.82 Å². The van der Waals surface area contributed by atoms with Crippen molar-refractivity contribution in [3.05, 3.63) is 17.2 Å². The molecule has 0 bridgehead atoms. The summed E-state index contributed by atoms with van der Waals surface area (Å²) in [5, 5.41) is 9.10. The first-order valence-electron chi connectivity index (χ1n) is 5.67. The lowest BCUT2D eigenvalue weighted by Gasteiger charge is -2.18. The Hall–Kier alpha value is -1.36. The Kier molecular flexibility index (Phi) is 2.96. The molecule has 5 nitrogen and oxygen atoms in total. The van der Waals surface area contributed by atoms with E-state index in [1.54, 1.807) is 0 Å². The molecule has 1 aliphatic heterocycles. The van der Waals surface area contributed by atoms with Gasteiger partial charge in [-0.3, -0.25) is 0 Å². The highest BCUT2D eigenvalue weighted by molar-refractivity contribution is 5.87. The predicted molar refractivity (Wildman–Crippen MR) is 59.6 cm³/mol. The molecular weight excluding hydrogens is 206 g/mol. The summed E-state index contributed by atoms with van der Waals surface area (Å²) in [7, 11) is 0. The van der Waals surface area contributed by atoms with Crippen LogP contribution < -0.4 is 5.73 Å². The van der Waals surface area contributed by atoms with E-state index in [0.717, 1.165) is 37.3 Å². The van der Waals surface area contributed by atoms with Crippen molar-refractivity contribution >= 4 is 5.97 Å². The number of hydrogen-bond acceptors (Lipinski definition) is 3. The molecule has 1 aromatic heterocycles. The van der Waals surface area contributed by atoms with Crippen LogP contribution in [0, 0.1) is 0 Å². The van der Waals surface area contributed by atoms with Crippen molar-refractivity contribution in [3.8, 4) is 0 Å². The molecule has 0 radical (unpaired) electrons. The number of rotatable bonds is 3. The minimum absolute atomic E-state index is 0.116. The van der Waals surface area contributed by atoms with Crippen LogP contribution in [0.2, 0.25) is 0 Å². The van der Waals surface area contributed by atoms with Crippen LogP contribution in [0.3, 0.4) is 0 Å². The van der Waals surface area contributed by atoms with Crippen molar-refractivity contribution in [2.24, 2.45) is 5.73 Å². The van der Waals surface area contributed by atoms with E-state index in [0.29, 0.717) is 6.54 Å². The number of carboxylic acids is 1. The van der Waals surface area contributed by atoms with E-state index >= 15 is 0 Å². The second-order valence-corrected chi connectivity index (χ2v) is 4.32. The zero-order chi connectivity index (χ0) is 11.7. The largest absolute Gasteiger partial charge is 0.476 e. The molecule has 0 spiro atoms. The third-order valence-electron chi connectivity index (χ3n) is 3.14. The first-order chi connectivity index (χ1) is 7.65. The Morgan fingerprint density at radius 3 is 3.00 bits per heavy atom. The van der Waals surface area contributed by atoms with Crippen molar-refractivity contribution in [3.63, 3.8) is 0 Å². The maximum Gasteiger partial charge on any atom is 0.356 e. The minimum atomic E-state index is -0.930. The third kappa shape index (κ3) is 1.71. The highest BCUT2D eigenvalue weighted by Gasteiger charge is 2.25. The summed E-state index contributed by atoms with van der Waals surface area (Å²) in [5.74, 6) is 0.0145. The van der Waals surface area contributed by atoms with Gasteiger partial charge in [0.15, 0.2) is 5.69 Å². The molecule has 0 fully saturated rings. The van der Waals surface area contributed by atoms with E-state index in [9.17, 15) is 4.79 Å². The number of carbonyl (C=O) groups is 1. The molecule has 1 unspecified atom stereocenters. The number of carboxylic acid groups (broad SMARTS) is 1. The van der Waals surface area contributed by atoms with Crippen LogP contribution in [0.15, 0.2) is 0 Å². The number of nitrogens with zero attached hydrogens (tertiary/aromatic N) is 2. The molecule has 16 heavy (non-hydrogen) atoms. The number of aromatic carboxylic acids is 1. The maximum absolute atomic E-state index is 11.1. The molecule has 2 rings (SSSR count). The average molecular weight is 223 g/mol. The van der Waals surface area contributed by atoms with Crippen molar-refractivity contribution in [2.45, 2.75) is 38.6 Å². The topological polar surface area (TPSA) is 81.1 Å². The van der Waals surface area contributed by atoms with Gasteiger partial charge in [0.2, 0.25) is 0 Å². The first-order valence-corrected chi connectivity index (χ1v) is 5.67. The van der Waals surface area contributed by atoms with E-state index in [4.69, 9.17) is 10.8 Å². The van der Waals surface area contributed by atoms with E-state index in [-0.39, 0.29) is 11.6 Å². The summed E-state index contributed by atoms with van der Waals surface area (Å²) in [6.07, 6.45) is 2.95. The van der Waals surface area contributed by atoms with Gasteiger partial charge in [0, 0.05) is 19.0 Å². The van der Waals surface area contributed by atoms with E-state index < -0.39 is 5.97 Å². The average Bonchev–Trinajstić information content (AvgIpc) is 2.67. The molecule has 1 aromatic rings. The second-order valence-electron chi connectivity index (χ2n) is 4.32. The van der Waals surface area contributed by atoms with Gasteiger partial charge in [-0.15, -0.1) is 0 Å². The zero-order valence-electron chi connectivity index (χ0n) is 9.44. The van der Waals surface area contributed by atoms with Crippen LogP contribution in [-0.4, -0.2) is 27.2 Å². The Labute approximate surface area is 94.3 Å². The highest BCUT2D eigenvalue weighted by Crippen LogP contribution is 2.24. The fourth-order valence-corrected chi connectivity index (χ4v) is 2.22. The molecule has 0 aliphatic carbocycles. The van der Waals surface area contributed by atoms with Gasteiger partial charge in [-0.05, 0) is 19.3 Å². The van der Waals surface area contributed by atoms with E-state index in [1.807, 2.05) is 11.5 Å². The van der Waals surface area contributed by atoms with Crippen LogP contribution >= 0.6 is 0 Å². The quantitative estimate of drug-likeness (QED) is 0.800. The van der Waals surface area contributed by atoms with E-state index in [1.165, 1.54) is 0 Å². The standard InChI is InChI=1S/C11H17N3O2/c1-7(6-12)10-13-9(11(15)16)8-4-2-3-5-14(8)10/h7H,2-6,12H2,1H3,(H,15,16). The summed E-state index contributed by atoms with van der Waals surface area (Å²) in [6.45, 7) is 3.35. The fourth-order valence-electron chi connectivity index (χ4n) is 2.22. The minimum Gasteiger partial charge on any atom is -0.476 e. The van der Waals surface area contributed by atoms with Crippen LogP contribution in [-0.2, 0) is 13.0 Å². The zero-order valence-corrected chi connectivity index (χ0v) is 9.44. The molecule has 1 atom stereocenters. The predicted octanol–water partition coefficient (Wildman–Crippen LogP) is 0.980. The second kappa shape index (κ2) is 4.25. The smallest absolute Gasteiger partial charge is 0.356 e. The van der Waals surface area contributed by atoms with Crippen LogP contribution in [0.1, 0.15) is 47.7 Å². The highest BCUT2D eigenvalue weighted by atomic mass is 16.4. The normalized spacial score (nSPS) is 16.9. The summed E-state index contributed by atoms with van der Waals surface area (Å²) in [5.41, 5.74) is 6.71. The van der Waals surface area contributed by atoms with Crippen LogP contribution in [0.5, 0.6) is 0 Å². The van der Waals surface area contributed by atoms with Crippen LogP contribution in [0.4, 0.5) is 0 Å². The van der Waals surface area contributed by atoms with Gasteiger partial charge in [-0.25, -0.2) is 9.78 Å². The Morgan fingerprint density at radius 2 is 2.38 bits per heavy atom. The molecule has 0 amide bonds. The fraction of sp³-hybridized carbons (Fsp3) is 0.636. The molecular formula is C11H17N3O2. The van der Waals surface area contributed by atoms with Crippen molar-refractivity contribution in [1.29, 1.82) is 0 Å². The SMILES string of the molecule is CC(CN)c1nc(C(=O)O)c2n1CCCC2. The van der Waals surface area contributed by atoms with Gasteiger partial charge in [0.25, 0.3) is 0 Å². The molecule has 88 valence electrons. The molecule has 0 saturated carbocycles. The van der Waals surface area contributed by atoms with E-state index in [2.05, 4.69) is 4.98 Å². The molecule has 0 aromatic carbocycles. The Balaban J connectivity index is 2.50. The van der Waals surface area contributed by atoms with Crippen molar-refractivity contribution < 1.29 is 9.90 Å². The van der Waals surface area contributed by atoms with Gasteiger partial charge in [-0.2, -0.15) is 0 Å². The van der Waals surface area contributed by atoms with Gasteiger partial charge < -0.3 is 15.4 Å². The molecule has 0 saturated heterocycles. The van der Waals surface area contributed by atoms with Gasteiger partial charge in [0.05, 0.1) is 5.69 Å². The number of aromatic nitrogens is 2. The summed E-state index contributed by atoms with van der Waals surface area (Å²) < 4.78 is 2.05. The lowest BCUT2D eigenvalue weighted by Crippen LogP contribution is -2.18. The number of imidazole rings is 1. The number of fused-ring (bicyclic) bond motifs is 1. The summed E-state index contributed by atoms with van der Waals surface area (Å²) >= 11 is 0. The van der Waals surface area contributed by atoms with Crippen molar-refractivity contribution in [1.82, 2.24) is 9.55 Å². The van der Waals surface area contributed by atoms with Gasteiger partial charge in [-0.1, -0.05) is 6.92 Å². The Morgan fingerprint density at radius 1 is 1.62 bits per heavy atom. The maximum atomic E-state index is 11.1. The molecule has 5 heteroatoms. The molecule has 3 N–H and O–H groups in total. The summed E-state index contributed by atoms with van der Waals surface area (Å²) in [6, 6.07) is 0. The number of nitrogens with two attached hydrogens (primary N) is 1. The molecule has 1 aliphatic rings. The number of hydrogen-bond donors (Lipinski definition) is 2. The summed E-state index contributed by atoms with van der Waals surface area (Å²) in [4.78, 5) is 15.3. The van der Waals surface area contributed by atoms with Crippen molar-refractivity contribution in [2.75, 3.05) is 6.54 Å². The monoisotopic (exact) mass is 223 g/mol. The lowest BCUT2D eigenvalue weighted by atomic mass is 10.1. The van der Waals surface area contributed by atoms with Crippen LogP contribution in [0.25, 0.3) is 0 Å². The van der Waals surface area contributed by atoms with Gasteiger partial charge >= 0.3 is 5.97 Å².